The summed E-state index contributed by atoms with van der Waals surface area (Å²) in [5.74, 6) is -0.0344. The molecule has 160 valence electrons. The number of amides is 1. The fraction of sp³-hybridized carbons (Fsp3) is 0.417. The number of pyridine rings is 1. The van der Waals surface area contributed by atoms with Gasteiger partial charge in [-0.2, -0.15) is 0 Å². The van der Waals surface area contributed by atoms with Crippen molar-refractivity contribution in [3.8, 4) is 0 Å². The van der Waals surface area contributed by atoms with Crippen molar-refractivity contribution in [2.24, 2.45) is 0 Å². The predicted octanol–water partition coefficient (Wildman–Crippen LogP) is 2.84. The SMILES string of the molecule is Cc1ccc(CN2CCC[C@H]2Cn2cc(C(=O)N3CCc4ccccc4C3)nn2)nc1. The second kappa shape index (κ2) is 8.59. The number of fused-ring (bicyclic) bond motifs is 1. The third-order valence-electron chi connectivity index (χ3n) is 6.41. The first-order chi connectivity index (χ1) is 15.2. The first-order valence-electron chi connectivity index (χ1n) is 11.1. The number of carbonyl (C=O) groups excluding carboxylic acids is 1. The molecule has 1 fully saturated rings. The van der Waals surface area contributed by atoms with E-state index >= 15 is 0 Å². The molecule has 0 aliphatic carbocycles. The predicted molar refractivity (Wildman–Crippen MR) is 117 cm³/mol. The Bertz CT molecular complexity index is 1060. The lowest BCUT2D eigenvalue weighted by Gasteiger charge is -2.28. The molecule has 31 heavy (non-hydrogen) atoms. The number of likely N-dealkylation sites (tertiary alicyclic amines) is 1. The van der Waals surface area contributed by atoms with Crippen molar-refractivity contribution in [2.75, 3.05) is 13.1 Å². The molecule has 2 aliphatic rings. The number of nitrogens with zero attached hydrogens (tertiary/aromatic N) is 6. The van der Waals surface area contributed by atoms with Gasteiger partial charge in [0, 0.05) is 31.9 Å². The van der Waals surface area contributed by atoms with Gasteiger partial charge in [-0.05, 0) is 55.5 Å². The highest BCUT2D eigenvalue weighted by Gasteiger charge is 2.27. The summed E-state index contributed by atoms with van der Waals surface area (Å²) in [6.07, 6.45) is 6.92. The highest BCUT2D eigenvalue weighted by Crippen LogP contribution is 2.22. The second-order valence-corrected chi connectivity index (χ2v) is 8.66. The van der Waals surface area contributed by atoms with Crippen LogP contribution in [0, 0.1) is 6.92 Å². The maximum atomic E-state index is 13.0. The minimum atomic E-state index is -0.0344. The molecule has 5 rings (SSSR count). The molecular formula is C24H28N6O. The maximum Gasteiger partial charge on any atom is 0.276 e. The minimum Gasteiger partial charge on any atom is -0.333 e. The maximum absolute atomic E-state index is 13.0. The van der Waals surface area contributed by atoms with E-state index in [1.54, 1.807) is 0 Å². The molecule has 7 nitrogen and oxygen atoms in total. The van der Waals surface area contributed by atoms with Crippen molar-refractivity contribution in [1.29, 1.82) is 0 Å². The summed E-state index contributed by atoms with van der Waals surface area (Å²) in [7, 11) is 0. The molecule has 0 unspecified atom stereocenters. The van der Waals surface area contributed by atoms with E-state index in [-0.39, 0.29) is 5.91 Å². The summed E-state index contributed by atoms with van der Waals surface area (Å²) < 4.78 is 1.83. The van der Waals surface area contributed by atoms with Crippen LogP contribution in [0.3, 0.4) is 0 Å². The standard InChI is InChI=1S/C24H28N6O/c1-18-8-9-21(25-13-18)15-28-11-4-7-22(28)16-30-17-23(26-27-30)24(31)29-12-10-19-5-2-3-6-20(19)14-29/h2-3,5-6,8-9,13,17,22H,4,7,10-12,14-16H2,1H3/t22-/m0/s1. The number of aromatic nitrogens is 4. The molecule has 0 spiro atoms. The average Bonchev–Trinajstić information content (AvgIpc) is 3.44. The highest BCUT2D eigenvalue weighted by atomic mass is 16.2. The zero-order valence-corrected chi connectivity index (χ0v) is 17.9. The van der Waals surface area contributed by atoms with E-state index in [4.69, 9.17) is 0 Å². The van der Waals surface area contributed by atoms with E-state index in [0.29, 0.717) is 18.3 Å². The number of hydrogen-bond donors (Lipinski definition) is 0. The van der Waals surface area contributed by atoms with Gasteiger partial charge >= 0.3 is 0 Å². The molecule has 1 aromatic carbocycles. The molecule has 0 radical (unpaired) electrons. The first kappa shape index (κ1) is 19.9. The zero-order valence-electron chi connectivity index (χ0n) is 17.9. The summed E-state index contributed by atoms with van der Waals surface area (Å²) in [5.41, 5.74) is 5.26. The number of carbonyl (C=O) groups is 1. The van der Waals surface area contributed by atoms with Crippen molar-refractivity contribution in [2.45, 2.75) is 51.9 Å². The van der Waals surface area contributed by atoms with Crippen LogP contribution in [0.25, 0.3) is 0 Å². The second-order valence-electron chi connectivity index (χ2n) is 8.66. The van der Waals surface area contributed by atoms with Crippen LogP contribution in [0.5, 0.6) is 0 Å². The quantitative estimate of drug-likeness (QED) is 0.640. The van der Waals surface area contributed by atoms with Crippen molar-refractivity contribution >= 4 is 5.91 Å². The molecule has 3 aromatic rings. The third-order valence-corrected chi connectivity index (χ3v) is 6.41. The van der Waals surface area contributed by atoms with Gasteiger partial charge in [0.2, 0.25) is 0 Å². The van der Waals surface area contributed by atoms with Crippen molar-refractivity contribution in [3.63, 3.8) is 0 Å². The molecule has 4 heterocycles. The van der Waals surface area contributed by atoms with Gasteiger partial charge in [0.25, 0.3) is 5.91 Å². The Morgan fingerprint density at radius 2 is 2.00 bits per heavy atom. The van der Waals surface area contributed by atoms with Crippen LogP contribution in [-0.4, -0.2) is 54.8 Å². The van der Waals surface area contributed by atoms with Crippen molar-refractivity contribution < 1.29 is 4.79 Å². The number of aryl methyl sites for hydroxylation is 1. The smallest absolute Gasteiger partial charge is 0.276 e. The molecule has 7 heteroatoms. The van der Waals surface area contributed by atoms with E-state index in [1.165, 1.54) is 23.1 Å². The topological polar surface area (TPSA) is 67.2 Å². The Kier molecular flexibility index (Phi) is 5.51. The van der Waals surface area contributed by atoms with Gasteiger partial charge in [-0.15, -0.1) is 5.10 Å². The van der Waals surface area contributed by atoms with Gasteiger partial charge in [-0.3, -0.25) is 19.4 Å². The summed E-state index contributed by atoms with van der Waals surface area (Å²) in [5, 5.41) is 8.47. The number of hydrogen-bond acceptors (Lipinski definition) is 5. The molecule has 1 atom stereocenters. The van der Waals surface area contributed by atoms with Crippen LogP contribution < -0.4 is 0 Å². The monoisotopic (exact) mass is 416 g/mol. The minimum absolute atomic E-state index is 0.0344. The van der Waals surface area contributed by atoms with E-state index in [2.05, 4.69) is 57.5 Å². The molecule has 1 amide bonds. The van der Waals surface area contributed by atoms with E-state index in [1.807, 2.05) is 28.0 Å². The lowest BCUT2D eigenvalue weighted by Crippen LogP contribution is -2.36. The Morgan fingerprint density at radius 3 is 2.84 bits per heavy atom. The summed E-state index contributed by atoms with van der Waals surface area (Å²) >= 11 is 0. The fourth-order valence-corrected chi connectivity index (χ4v) is 4.64. The van der Waals surface area contributed by atoms with Gasteiger partial charge in [-0.25, -0.2) is 0 Å². The number of rotatable bonds is 5. The Hall–Kier alpha value is -3.06. The summed E-state index contributed by atoms with van der Waals surface area (Å²) in [6, 6.07) is 12.9. The van der Waals surface area contributed by atoms with E-state index < -0.39 is 0 Å². The molecule has 0 saturated carbocycles. The van der Waals surface area contributed by atoms with Crippen LogP contribution in [0.15, 0.2) is 48.8 Å². The number of benzene rings is 1. The molecule has 1 saturated heterocycles. The van der Waals surface area contributed by atoms with Gasteiger partial charge in [0.15, 0.2) is 5.69 Å². The molecule has 0 N–H and O–H groups in total. The molecular weight excluding hydrogens is 388 g/mol. The van der Waals surface area contributed by atoms with Crippen LogP contribution >= 0.6 is 0 Å². The largest absolute Gasteiger partial charge is 0.333 e. The van der Waals surface area contributed by atoms with Gasteiger partial charge in [-0.1, -0.05) is 35.5 Å². The summed E-state index contributed by atoms with van der Waals surface area (Å²) in [4.78, 5) is 21.9. The van der Waals surface area contributed by atoms with Crippen LogP contribution in [0.4, 0.5) is 0 Å². The van der Waals surface area contributed by atoms with Gasteiger partial charge < -0.3 is 4.90 Å². The molecule has 0 bridgehead atoms. The molecule has 2 aliphatic heterocycles. The van der Waals surface area contributed by atoms with E-state index in [0.717, 1.165) is 44.7 Å². The lowest BCUT2D eigenvalue weighted by molar-refractivity contribution is 0.0728. The third kappa shape index (κ3) is 4.37. The summed E-state index contributed by atoms with van der Waals surface area (Å²) in [6.45, 7) is 6.08. The molecule has 2 aromatic heterocycles. The van der Waals surface area contributed by atoms with Crippen LogP contribution in [0.1, 0.15) is 45.7 Å². The fourth-order valence-electron chi connectivity index (χ4n) is 4.64. The van der Waals surface area contributed by atoms with Crippen LogP contribution in [-0.2, 0) is 26.1 Å². The van der Waals surface area contributed by atoms with E-state index in [9.17, 15) is 4.79 Å². The Morgan fingerprint density at radius 1 is 1.13 bits per heavy atom. The Balaban J connectivity index is 1.22. The normalized spacial score (nSPS) is 18.9. The van der Waals surface area contributed by atoms with Gasteiger partial charge in [0.05, 0.1) is 18.4 Å². The zero-order chi connectivity index (χ0) is 21.2. The van der Waals surface area contributed by atoms with Gasteiger partial charge in [0.1, 0.15) is 0 Å². The average molecular weight is 417 g/mol. The lowest BCUT2D eigenvalue weighted by atomic mass is 10.00. The first-order valence-corrected chi connectivity index (χ1v) is 11.1. The highest BCUT2D eigenvalue weighted by molar-refractivity contribution is 5.92. The van der Waals surface area contributed by atoms with Crippen molar-refractivity contribution in [3.05, 3.63) is 76.9 Å². The van der Waals surface area contributed by atoms with Crippen LogP contribution in [0.2, 0.25) is 0 Å². The van der Waals surface area contributed by atoms with Crippen molar-refractivity contribution in [1.82, 2.24) is 29.8 Å². The Labute approximate surface area is 182 Å².